The van der Waals surface area contributed by atoms with Crippen LogP contribution in [0.15, 0.2) is 30.3 Å². The van der Waals surface area contributed by atoms with Crippen LogP contribution in [0.25, 0.3) is 0 Å². The third kappa shape index (κ3) is 3.11. The van der Waals surface area contributed by atoms with Gasteiger partial charge in [-0.1, -0.05) is 17.7 Å². The van der Waals surface area contributed by atoms with Crippen molar-refractivity contribution in [2.75, 3.05) is 5.73 Å². The number of rotatable bonds is 3. The molecule has 0 amide bonds. The number of nitrogens with two attached hydrogens (primary N) is 1. The Labute approximate surface area is 113 Å². The topological polar surface area (TPSA) is 91.3 Å². The van der Waals surface area contributed by atoms with E-state index in [1.807, 2.05) is 13.0 Å². The number of halogens is 1. The highest BCUT2D eigenvalue weighted by molar-refractivity contribution is 6.32. The van der Waals surface area contributed by atoms with E-state index in [1.54, 1.807) is 12.1 Å². The Balaban J connectivity index is 2.35. The van der Waals surface area contributed by atoms with Crippen LogP contribution in [0.1, 0.15) is 5.56 Å². The highest BCUT2D eigenvalue weighted by atomic mass is 35.5. The summed E-state index contributed by atoms with van der Waals surface area (Å²) in [5, 5.41) is 11.1. The number of nitro groups is 1. The summed E-state index contributed by atoms with van der Waals surface area (Å²) in [6, 6.07) is 7.53. The van der Waals surface area contributed by atoms with Crippen LogP contribution in [0.3, 0.4) is 0 Å². The zero-order chi connectivity index (χ0) is 14.0. The van der Waals surface area contributed by atoms with Gasteiger partial charge in [0, 0.05) is 0 Å². The van der Waals surface area contributed by atoms with Gasteiger partial charge in [0.05, 0.1) is 22.1 Å². The molecule has 2 aromatic rings. The van der Waals surface area contributed by atoms with Crippen molar-refractivity contribution in [2.45, 2.75) is 6.92 Å². The lowest BCUT2D eigenvalue weighted by Crippen LogP contribution is -1.97. The van der Waals surface area contributed by atoms with Crippen LogP contribution in [-0.4, -0.2) is 9.91 Å². The molecule has 19 heavy (non-hydrogen) atoms. The second-order valence-electron chi connectivity index (χ2n) is 3.88. The Morgan fingerprint density at radius 1 is 1.37 bits per heavy atom. The third-order valence-corrected chi connectivity index (χ3v) is 2.61. The molecule has 0 spiro atoms. The number of aryl methyl sites for hydroxylation is 1. The lowest BCUT2D eigenvalue weighted by Gasteiger charge is -2.07. The van der Waals surface area contributed by atoms with Gasteiger partial charge in [-0.25, -0.2) is 0 Å². The summed E-state index contributed by atoms with van der Waals surface area (Å²) in [5.74, 6) is 0.393. The molecule has 1 heterocycles. The number of ether oxygens (including phenoxy) is 1. The molecule has 0 unspecified atom stereocenters. The Morgan fingerprint density at radius 3 is 2.74 bits per heavy atom. The molecular formula is C12H10ClN3O3. The van der Waals surface area contributed by atoms with Gasteiger partial charge in [0.25, 0.3) is 5.69 Å². The molecule has 0 saturated heterocycles. The monoisotopic (exact) mass is 279 g/mol. The van der Waals surface area contributed by atoms with Crippen LogP contribution in [0.5, 0.6) is 11.6 Å². The number of benzene rings is 1. The second-order valence-corrected chi connectivity index (χ2v) is 4.29. The molecule has 2 N–H and O–H groups in total. The number of nitrogens with zero attached hydrogens (tertiary/aromatic N) is 2. The summed E-state index contributed by atoms with van der Waals surface area (Å²) in [6.45, 7) is 1.89. The first-order valence-corrected chi connectivity index (χ1v) is 5.69. The number of hydrogen-bond acceptors (Lipinski definition) is 5. The fourth-order valence-electron chi connectivity index (χ4n) is 1.47. The smallest absolute Gasteiger partial charge is 0.278 e. The summed E-state index contributed by atoms with van der Waals surface area (Å²) in [6.07, 6.45) is 0. The minimum atomic E-state index is -0.568. The molecule has 0 fully saturated rings. The first-order chi connectivity index (χ1) is 8.95. The summed E-state index contributed by atoms with van der Waals surface area (Å²) >= 11 is 6.00. The second kappa shape index (κ2) is 5.11. The molecule has 1 aromatic carbocycles. The van der Waals surface area contributed by atoms with E-state index >= 15 is 0 Å². The van der Waals surface area contributed by atoms with Gasteiger partial charge in [-0.3, -0.25) is 10.1 Å². The zero-order valence-electron chi connectivity index (χ0n) is 9.96. The van der Waals surface area contributed by atoms with Crippen molar-refractivity contribution in [2.24, 2.45) is 0 Å². The summed E-state index contributed by atoms with van der Waals surface area (Å²) in [5.41, 5.74) is 6.27. The van der Waals surface area contributed by atoms with Crippen LogP contribution < -0.4 is 10.5 Å². The number of aromatic nitrogens is 1. The standard InChI is InChI=1S/C12H10ClN3O3/c1-7-2-3-10(9(13)4-7)19-12-6-8(16(17)18)5-11(14)15-12/h2-6H,1H3,(H2,14,15). The van der Waals surface area contributed by atoms with Gasteiger partial charge in [-0.15, -0.1) is 0 Å². The summed E-state index contributed by atoms with van der Waals surface area (Å²) < 4.78 is 5.41. The molecule has 0 atom stereocenters. The molecule has 0 saturated carbocycles. The van der Waals surface area contributed by atoms with Crippen molar-refractivity contribution in [3.63, 3.8) is 0 Å². The van der Waals surface area contributed by atoms with Crippen molar-refractivity contribution in [3.05, 3.63) is 51.0 Å². The van der Waals surface area contributed by atoms with Crippen molar-refractivity contribution in [3.8, 4) is 11.6 Å². The van der Waals surface area contributed by atoms with Crippen LogP contribution >= 0.6 is 11.6 Å². The summed E-state index contributed by atoms with van der Waals surface area (Å²) in [4.78, 5) is 14.0. The molecule has 6 nitrogen and oxygen atoms in total. The quantitative estimate of drug-likeness (QED) is 0.687. The van der Waals surface area contributed by atoms with E-state index in [0.717, 1.165) is 11.6 Å². The van der Waals surface area contributed by atoms with E-state index in [9.17, 15) is 10.1 Å². The van der Waals surface area contributed by atoms with E-state index in [1.165, 1.54) is 6.07 Å². The molecule has 0 radical (unpaired) electrons. The first-order valence-electron chi connectivity index (χ1n) is 5.31. The van der Waals surface area contributed by atoms with Gasteiger partial charge >= 0.3 is 0 Å². The molecule has 0 aliphatic rings. The highest BCUT2D eigenvalue weighted by Crippen LogP contribution is 2.31. The first kappa shape index (κ1) is 13.1. The van der Waals surface area contributed by atoms with Crippen molar-refractivity contribution >= 4 is 23.1 Å². The van der Waals surface area contributed by atoms with E-state index in [4.69, 9.17) is 22.1 Å². The predicted molar refractivity (Wildman–Crippen MR) is 71.6 cm³/mol. The minimum absolute atomic E-state index is 0.00688. The van der Waals surface area contributed by atoms with E-state index in [-0.39, 0.29) is 17.4 Å². The molecule has 98 valence electrons. The van der Waals surface area contributed by atoms with Crippen molar-refractivity contribution in [1.82, 2.24) is 4.98 Å². The van der Waals surface area contributed by atoms with Crippen LogP contribution in [0.2, 0.25) is 5.02 Å². The Morgan fingerprint density at radius 2 is 2.11 bits per heavy atom. The van der Waals surface area contributed by atoms with Gasteiger partial charge < -0.3 is 10.5 Å². The molecule has 2 rings (SSSR count). The average Bonchev–Trinajstić information content (AvgIpc) is 2.32. The van der Waals surface area contributed by atoms with Crippen molar-refractivity contribution < 1.29 is 9.66 Å². The molecule has 0 aliphatic carbocycles. The molecule has 0 bridgehead atoms. The Kier molecular flexibility index (Phi) is 3.52. The number of hydrogen-bond donors (Lipinski definition) is 1. The number of nitrogen functional groups attached to an aromatic ring is 1. The van der Waals surface area contributed by atoms with Gasteiger partial charge in [0.1, 0.15) is 11.6 Å². The van der Waals surface area contributed by atoms with Gasteiger partial charge in [-0.2, -0.15) is 4.98 Å². The Bertz CT molecular complexity index is 646. The van der Waals surface area contributed by atoms with Crippen LogP contribution in [0, 0.1) is 17.0 Å². The Hall–Kier alpha value is -2.34. The average molecular weight is 280 g/mol. The normalized spacial score (nSPS) is 10.2. The third-order valence-electron chi connectivity index (χ3n) is 2.32. The molecule has 7 heteroatoms. The number of anilines is 1. The summed E-state index contributed by atoms with van der Waals surface area (Å²) in [7, 11) is 0. The lowest BCUT2D eigenvalue weighted by atomic mass is 10.2. The van der Waals surface area contributed by atoms with E-state index in [2.05, 4.69) is 4.98 Å². The molecular weight excluding hydrogens is 270 g/mol. The molecule has 1 aromatic heterocycles. The maximum absolute atomic E-state index is 10.7. The van der Waals surface area contributed by atoms with Gasteiger partial charge in [0.15, 0.2) is 0 Å². The largest absolute Gasteiger partial charge is 0.437 e. The predicted octanol–water partition coefficient (Wildman–Crippen LogP) is 3.33. The minimum Gasteiger partial charge on any atom is -0.437 e. The van der Waals surface area contributed by atoms with Crippen LogP contribution in [0.4, 0.5) is 11.5 Å². The van der Waals surface area contributed by atoms with E-state index in [0.29, 0.717) is 10.8 Å². The van der Waals surface area contributed by atoms with Gasteiger partial charge in [0.2, 0.25) is 5.88 Å². The maximum Gasteiger partial charge on any atom is 0.278 e. The fourth-order valence-corrected chi connectivity index (χ4v) is 1.74. The zero-order valence-corrected chi connectivity index (χ0v) is 10.7. The highest BCUT2D eigenvalue weighted by Gasteiger charge is 2.12. The van der Waals surface area contributed by atoms with E-state index < -0.39 is 4.92 Å². The lowest BCUT2D eigenvalue weighted by molar-refractivity contribution is -0.384. The van der Waals surface area contributed by atoms with Crippen molar-refractivity contribution in [1.29, 1.82) is 0 Å². The SMILES string of the molecule is Cc1ccc(Oc2cc([N+](=O)[O-])cc(N)n2)c(Cl)c1. The molecule has 0 aliphatic heterocycles. The fraction of sp³-hybridized carbons (Fsp3) is 0.0833. The van der Waals surface area contributed by atoms with Crippen LogP contribution in [-0.2, 0) is 0 Å². The van der Waals surface area contributed by atoms with Gasteiger partial charge in [-0.05, 0) is 24.6 Å². The maximum atomic E-state index is 10.7. The number of pyridine rings is 1.